The highest BCUT2D eigenvalue weighted by atomic mass is 32.2. The molecule has 1 aliphatic rings. The molecule has 0 unspecified atom stereocenters. The Morgan fingerprint density at radius 2 is 2.05 bits per heavy atom. The lowest BCUT2D eigenvalue weighted by Gasteiger charge is -2.17. The van der Waals surface area contributed by atoms with E-state index in [1.807, 2.05) is 0 Å². The third-order valence-electron chi connectivity index (χ3n) is 2.62. The van der Waals surface area contributed by atoms with Gasteiger partial charge in [0, 0.05) is 0 Å². The van der Waals surface area contributed by atoms with Crippen LogP contribution in [0, 0.1) is 0 Å². The summed E-state index contributed by atoms with van der Waals surface area (Å²) in [5, 5.41) is 9.36. The summed E-state index contributed by atoms with van der Waals surface area (Å²) < 4.78 is 36.7. The fourth-order valence-electron chi connectivity index (χ4n) is 1.62. The predicted octanol–water partition coefficient (Wildman–Crippen LogP) is -0.372. The molecule has 8 heteroatoms. The van der Waals surface area contributed by atoms with E-state index >= 15 is 0 Å². The van der Waals surface area contributed by atoms with Crippen molar-refractivity contribution in [2.45, 2.75) is 23.8 Å². The summed E-state index contributed by atoms with van der Waals surface area (Å²) in [6.07, 6.45) is -1.39. The first-order valence-electron chi connectivity index (χ1n) is 5.77. The maximum Gasteiger partial charge on any atom is 0.246 e. The molecule has 2 atom stereocenters. The van der Waals surface area contributed by atoms with Crippen LogP contribution in [0.2, 0.25) is 0 Å². The molecule has 1 fully saturated rings. The molecule has 0 bridgehead atoms. The second kappa shape index (κ2) is 5.85. The summed E-state index contributed by atoms with van der Waals surface area (Å²) in [7, 11) is -3.83. The number of anilines is 1. The molecule has 0 saturated carbocycles. The minimum absolute atomic E-state index is 0.0114. The number of rotatable bonds is 3. The maximum atomic E-state index is 12.1. The van der Waals surface area contributed by atoms with Gasteiger partial charge in [0.1, 0.15) is 4.90 Å². The van der Waals surface area contributed by atoms with Gasteiger partial charge in [0.05, 0.1) is 25.0 Å². The van der Waals surface area contributed by atoms with Crippen molar-refractivity contribution in [1.82, 2.24) is 4.72 Å². The van der Waals surface area contributed by atoms with Crippen molar-refractivity contribution < 1.29 is 23.0 Å². The largest absolute Gasteiger partial charge is 0.398 e. The number of benzene rings is 1. The first-order valence-corrected chi connectivity index (χ1v) is 7.25. The third kappa shape index (κ3) is 3.64. The average molecular weight is 288 g/mol. The Balaban J connectivity index is 2.11. The van der Waals surface area contributed by atoms with Crippen LogP contribution in [0.3, 0.4) is 0 Å². The first-order chi connectivity index (χ1) is 8.99. The number of para-hydroxylation sites is 1. The van der Waals surface area contributed by atoms with E-state index in [-0.39, 0.29) is 23.8 Å². The van der Waals surface area contributed by atoms with Gasteiger partial charge in [-0.25, -0.2) is 8.42 Å². The van der Waals surface area contributed by atoms with Gasteiger partial charge in [-0.3, -0.25) is 0 Å². The summed E-state index contributed by atoms with van der Waals surface area (Å²) in [5.74, 6) is 0. The quantitative estimate of drug-likeness (QED) is 0.654. The zero-order valence-electron chi connectivity index (χ0n) is 10.2. The molecule has 2 rings (SSSR count). The van der Waals surface area contributed by atoms with Crippen LogP contribution in [0.25, 0.3) is 0 Å². The molecular weight excluding hydrogens is 272 g/mol. The van der Waals surface area contributed by atoms with Crippen LogP contribution >= 0.6 is 0 Å². The lowest BCUT2D eigenvalue weighted by Crippen LogP contribution is -2.39. The topological polar surface area (TPSA) is 111 Å². The van der Waals surface area contributed by atoms with Crippen LogP contribution in [0.4, 0.5) is 5.69 Å². The highest BCUT2D eigenvalue weighted by Gasteiger charge is 2.25. The van der Waals surface area contributed by atoms with E-state index in [9.17, 15) is 13.5 Å². The lowest BCUT2D eigenvalue weighted by atomic mass is 10.3. The Kier molecular flexibility index (Phi) is 4.38. The van der Waals surface area contributed by atoms with Crippen molar-refractivity contribution in [3.8, 4) is 0 Å². The highest BCUT2D eigenvalue weighted by Crippen LogP contribution is 2.18. The molecular formula is C11H16N2O5S. The number of nitrogen functional groups attached to an aromatic ring is 1. The maximum absolute atomic E-state index is 12.1. The van der Waals surface area contributed by atoms with Gasteiger partial charge >= 0.3 is 0 Å². The molecule has 106 valence electrons. The van der Waals surface area contributed by atoms with Crippen LogP contribution in [0.1, 0.15) is 6.42 Å². The van der Waals surface area contributed by atoms with E-state index in [1.54, 1.807) is 12.1 Å². The molecule has 0 radical (unpaired) electrons. The molecule has 1 aromatic carbocycles. The molecule has 4 N–H and O–H groups in total. The smallest absolute Gasteiger partial charge is 0.246 e. The molecule has 1 heterocycles. The normalized spacial score (nSPS) is 24.9. The summed E-state index contributed by atoms with van der Waals surface area (Å²) >= 11 is 0. The minimum atomic E-state index is -3.83. The highest BCUT2D eigenvalue weighted by molar-refractivity contribution is 7.89. The van der Waals surface area contributed by atoms with Crippen LogP contribution in [-0.4, -0.2) is 39.3 Å². The van der Waals surface area contributed by atoms with Crippen molar-refractivity contribution >= 4 is 15.7 Å². The van der Waals surface area contributed by atoms with Crippen molar-refractivity contribution in [3.05, 3.63) is 24.3 Å². The van der Waals surface area contributed by atoms with E-state index < -0.39 is 22.5 Å². The van der Waals surface area contributed by atoms with Crippen LogP contribution < -0.4 is 10.5 Å². The summed E-state index contributed by atoms with van der Waals surface area (Å²) in [4.78, 5) is -0.0352. The monoisotopic (exact) mass is 288 g/mol. The van der Waals surface area contributed by atoms with Crippen LogP contribution in [0.15, 0.2) is 29.2 Å². The Morgan fingerprint density at radius 3 is 2.79 bits per heavy atom. The van der Waals surface area contributed by atoms with E-state index in [4.69, 9.17) is 15.2 Å². The molecule has 0 aliphatic carbocycles. The van der Waals surface area contributed by atoms with E-state index in [2.05, 4.69) is 4.72 Å². The number of aliphatic hydroxyl groups excluding tert-OH is 1. The minimum Gasteiger partial charge on any atom is -0.398 e. The number of hydrogen-bond acceptors (Lipinski definition) is 6. The Hall–Kier alpha value is -1.19. The molecule has 1 aromatic rings. The van der Waals surface area contributed by atoms with Crippen molar-refractivity contribution in [2.75, 3.05) is 18.9 Å². The van der Waals surface area contributed by atoms with E-state index in [0.29, 0.717) is 6.42 Å². The molecule has 7 nitrogen and oxygen atoms in total. The number of nitrogens with one attached hydrogen (secondary N) is 1. The third-order valence-corrected chi connectivity index (χ3v) is 4.07. The van der Waals surface area contributed by atoms with Gasteiger partial charge in [-0.2, -0.15) is 4.72 Å². The second-order valence-corrected chi connectivity index (χ2v) is 5.82. The number of hydrogen-bond donors (Lipinski definition) is 3. The van der Waals surface area contributed by atoms with Crippen LogP contribution in [-0.2, 0) is 19.5 Å². The standard InChI is InChI=1S/C11H16N2O5S/c12-9-3-1-2-4-10(9)19(15,16)13-11-17-6-5-8(14)7-18-11/h1-4,8,11,13-14H,5-7,12H2/t8-,11+/m0/s1. The summed E-state index contributed by atoms with van der Waals surface area (Å²) in [6, 6.07) is 6.10. The van der Waals surface area contributed by atoms with Gasteiger partial charge in [0.2, 0.25) is 16.4 Å². The SMILES string of the molecule is Nc1ccccc1S(=O)(=O)N[C@@H]1OCC[C@H](O)CO1. The number of sulfonamides is 1. The van der Waals surface area contributed by atoms with Crippen molar-refractivity contribution in [1.29, 1.82) is 0 Å². The summed E-state index contributed by atoms with van der Waals surface area (Å²) in [6.45, 7) is 0.218. The zero-order chi connectivity index (χ0) is 13.9. The van der Waals surface area contributed by atoms with Gasteiger partial charge in [0.25, 0.3) is 0 Å². The molecule has 0 amide bonds. The van der Waals surface area contributed by atoms with Gasteiger partial charge in [-0.1, -0.05) is 12.1 Å². The van der Waals surface area contributed by atoms with Gasteiger partial charge in [-0.15, -0.1) is 0 Å². The number of ether oxygens (including phenoxy) is 2. The molecule has 19 heavy (non-hydrogen) atoms. The number of nitrogens with two attached hydrogens (primary N) is 1. The fourth-order valence-corrected chi connectivity index (χ4v) is 2.78. The Labute approximate surface area is 111 Å². The van der Waals surface area contributed by atoms with Gasteiger partial charge < -0.3 is 20.3 Å². The van der Waals surface area contributed by atoms with Crippen molar-refractivity contribution in [2.24, 2.45) is 0 Å². The van der Waals surface area contributed by atoms with E-state index in [0.717, 1.165) is 0 Å². The van der Waals surface area contributed by atoms with Crippen molar-refractivity contribution in [3.63, 3.8) is 0 Å². The molecule has 0 aromatic heterocycles. The Bertz CT molecular complexity index is 534. The predicted molar refractivity (Wildman–Crippen MR) is 67.5 cm³/mol. The first kappa shape index (κ1) is 14.2. The molecule has 1 saturated heterocycles. The lowest BCUT2D eigenvalue weighted by molar-refractivity contribution is -0.137. The average Bonchev–Trinajstić information content (AvgIpc) is 2.54. The van der Waals surface area contributed by atoms with Gasteiger partial charge in [0.15, 0.2) is 0 Å². The zero-order valence-corrected chi connectivity index (χ0v) is 11.0. The number of aliphatic hydroxyl groups is 1. The van der Waals surface area contributed by atoms with Gasteiger partial charge in [-0.05, 0) is 18.6 Å². The fraction of sp³-hybridized carbons (Fsp3) is 0.455. The van der Waals surface area contributed by atoms with E-state index in [1.165, 1.54) is 12.1 Å². The Morgan fingerprint density at radius 1 is 1.32 bits per heavy atom. The summed E-state index contributed by atoms with van der Waals surface area (Å²) in [5.41, 5.74) is 5.77. The van der Waals surface area contributed by atoms with Crippen LogP contribution in [0.5, 0.6) is 0 Å². The molecule has 1 aliphatic heterocycles. The second-order valence-electron chi connectivity index (χ2n) is 4.14. The molecule has 0 spiro atoms.